The molecule has 90 valence electrons. The van der Waals surface area contributed by atoms with E-state index in [0.717, 1.165) is 19.4 Å². The van der Waals surface area contributed by atoms with Crippen LogP contribution in [0.3, 0.4) is 0 Å². The van der Waals surface area contributed by atoms with Crippen molar-refractivity contribution in [2.24, 2.45) is 0 Å². The van der Waals surface area contributed by atoms with Crippen LogP contribution in [0.1, 0.15) is 19.8 Å². The molecular formula is C10H15NO3S2. The highest BCUT2D eigenvalue weighted by molar-refractivity contribution is 7.91. The second-order valence-electron chi connectivity index (χ2n) is 3.89. The molecule has 1 N–H and O–H groups in total. The van der Waals surface area contributed by atoms with E-state index in [-0.39, 0.29) is 12.1 Å². The Morgan fingerprint density at radius 2 is 2.44 bits per heavy atom. The van der Waals surface area contributed by atoms with Crippen molar-refractivity contribution in [2.75, 3.05) is 6.61 Å². The summed E-state index contributed by atoms with van der Waals surface area (Å²) in [6, 6.07) is 3.17. The Kier molecular flexibility index (Phi) is 3.63. The molecule has 0 unspecified atom stereocenters. The highest BCUT2D eigenvalue weighted by Crippen LogP contribution is 2.19. The summed E-state index contributed by atoms with van der Waals surface area (Å²) in [5.74, 6) is 0. The molecular weight excluding hydrogens is 246 g/mol. The van der Waals surface area contributed by atoms with Gasteiger partial charge in [0.15, 0.2) is 0 Å². The van der Waals surface area contributed by atoms with Crippen LogP contribution in [0, 0.1) is 0 Å². The van der Waals surface area contributed by atoms with Crippen LogP contribution in [-0.2, 0) is 14.8 Å². The zero-order valence-corrected chi connectivity index (χ0v) is 10.7. The van der Waals surface area contributed by atoms with E-state index in [0.29, 0.717) is 4.21 Å². The molecule has 0 saturated carbocycles. The van der Waals surface area contributed by atoms with E-state index in [2.05, 4.69) is 4.72 Å². The second kappa shape index (κ2) is 4.83. The van der Waals surface area contributed by atoms with Crippen LogP contribution in [0.2, 0.25) is 0 Å². The first-order chi connectivity index (χ1) is 7.59. The molecule has 6 heteroatoms. The fourth-order valence-corrected chi connectivity index (χ4v) is 4.07. The Bertz CT molecular complexity index is 421. The Morgan fingerprint density at radius 1 is 1.62 bits per heavy atom. The first-order valence-electron chi connectivity index (χ1n) is 5.27. The van der Waals surface area contributed by atoms with Gasteiger partial charge in [0.2, 0.25) is 10.0 Å². The summed E-state index contributed by atoms with van der Waals surface area (Å²) in [5, 5.41) is 1.76. The molecule has 0 aliphatic carbocycles. The van der Waals surface area contributed by atoms with Gasteiger partial charge in [-0.25, -0.2) is 13.1 Å². The Hall–Kier alpha value is -0.430. The van der Waals surface area contributed by atoms with Crippen molar-refractivity contribution in [3.63, 3.8) is 0 Å². The lowest BCUT2D eigenvalue weighted by molar-refractivity contribution is 0.0902. The van der Waals surface area contributed by atoms with Gasteiger partial charge in [-0.1, -0.05) is 6.07 Å². The lowest BCUT2D eigenvalue weighted by Crippen LogP contribution is -2.40. The zero-order valence-electron chi connectivity index (χ0n) is 9.05. The molecule has 0 bridgehead atoms. The van der Waals surface area contributed by atoms with Crippen LogP contribution in [0.25, 0.3) is 0 Å². The van der Waals surface area contributed by atoms with Crippen molar-refractivity contribution in [2.45, 2.75) is 36.1 Å². The number of rotatable bonds is 4. The molecule has 1 aliphatic rings. The van der Waals surface area contributed by atoms with Crippen molar-refractivity contribution in [3.8, 4) is 0 Å². The van der Waals surface area contributed by atoms with E-state index < -0.39 is 10.0 Å². The van der Waals surface area contributed by atoms with Gasteiger partial charge in [-0.3, -0.25) is 0 Å². The fourth-order valence-electron chi connectivity index (χ4n) is 1.79. The summed E-state index contributed by atoms with van der Waals surface area (Å²) in [4.78, 5) is 0. The fraction of sp³-hybridized carbons (Fsp3) is 0.600. The third-order valence-electron chi connectivity index (χ3n) is 2.62. The largest absolute Gasteiger partial charge is 0.377 e. The third kappa shape index (κ3) is 2.63. The quantitative estimate of drug-likeness (QED) is 0.895. The highest BCUT2D eigenvalue weighted by Gasteiger charge is 2.27. The van der Waals surface area contributed by atoms with Crippen LogP contribution in [-0.4, -0.2) is 27.2 Å². The number of sulfonamides is 1. The summed E-state index contributed by atoms with van der Waals surface area (Å²) in [5.41, 5.74) is 0. The van der Waals surface area contributed by atoms with E-state index in [1.807, 2.05) is 6.92 Å². The maximum absolute atomic E-state index is 11.9. The van der Waals surface area contributed by atoms with Gasteiger partial charge in [0.25, 0.3) is 0 Å². The van der Waals surface area contributed by atoms with Gasteiger partial charge in [-0.2, -0.15) is 0 Å². The lowest BCUT2D eigenvalue weighted by Gasteiger charge is -2.19. The molecule has 0 amide bonds. The number of hydrogen-bond acceptors (Lipinski definition) is 4. The molecule has 2 rings (SSSR count). The normalized spacial score (nSPS) is 23.4. The van der Waals surface area contributed by atoms with Crippen LogP contribution in [0.5, 0.6) is 0 Å². The van der Waals surface area contributed by atoms with E-state index in [1.54, 1.807) is 17.5 Å². The SMILES string of the molecule is C[C@H](NS(=O)(=O)c1cccs1)[C@@H]1CCCO1. The molecule has 16 heavy (non-hydrogen) atoms. The van der Waals surface area contributed by atoms with Gasteiger partial charge in [0.05, 0.1) is 6.10 Å². The Balaban J connectivity index is 2.03. The molecule has 0 radical (unpaired) electrons. The molecule has 1 saturated heterocycles. The highest BCUT2D eigenvalue weighted by atomic mass is 32.2. The summed E-state index contributed by atoms with van der Waals surface area (Å²) in [7, 11) is -3.37. The Morgan fingerprint density at radius 3 is 3.00 bits per heavy atom. The Labute approximate surface area is 99.7 Å². The van der Waals surface area contributed by atoms with Gasteiger partial charge in [-0.05, 0) is 31.2 Å². The average molecular weight is 261 g/mol. The van der Waals surface area contributed by atoms with Crippen LogP contribution < -0.4 is 4.72 Å². The molecule has 0 spiro atoms. The van der Waals surface area contributed by atoms with Gasteiger partial charge < -0.3 is 4.74 Å². The van der Waals surface area contributed by atoms with Gasteiger partial charge in [-0.15, -0.1) is 11.3 Å². The smallest absolute Gasteiger partial charge is 0.250 e. The molecule has 1 aliphatic heterocycles. The van der Waals surface area contributed by atoms with Crippen molar-refractivity contribution < 1.29 is 13.2 Å². The number of nitrogens with one attached hydrogen (secondary N) is 1. The summed E-state index contributed by atoms with van der Waals surface area (Å²) >= 11 is 1.22. The predicted molar refractivity (Wildman–Crippen MR) is 63.1 cm³/mol. The zero-order chi connectivity index (χ0) is 11.6. The first-order valence-corrected chi connectivity index (χ1v) is 7.63. The van der Waals surface area contributed by atoms with Crippen LogP contribution in [0.15, 0.2) is 21.7 Å². The predicted octanol–water partition coefficient (Wildman–Crippen LogP) is 1.59. The summed E-state index contributed by atoms with van der Waals surface area (Å²) in [6.45, 7) is 2.58. The summed E-state index contributed by atoms with van der Waals surface area (Å²) in [6.07, 6.45) is 1.94. The van der Waals surface area contributed by atoms with Crippen molar-refractivity contribution in [1.82, 2.24) is 4.72 Å². The monoisotopic (exact) mass is 261 g/mol. The van der Waals surface area contributed by atoms with E-state index >= 15 is 0 Å². The van der Waals surface area contributed by atoms with E-state index in [9.17, 15) is 8.42 Å². The molecule has 0 aromatic carbocycles. The number of hydrogen-bond donors (Lipinski definition) is 1. The van der Waals surface area contributed by atoms with Gasteiger partial charge in [0.1, 0.15) is 4.21 Å². The average Bonchev–Trinajstić information content (AvgIpc) is 2.91. The first kappa shape index (κ1) is 12.0. The second-order valence-corrected chi connectivity index (χ2v) is 6.78. The maximum atomic E-state index is 11.9. The van der Waals surface area contributed by atoms with Crippen molar-refractivity contribution in [1.29, 1.82) is 0 Å². The molecule has 1 aromatic rings. The van der Waals surface area contributed by atoms with Crippen molar-refractivity contribution in [3.05, 3.63) is 17.5 Å². The molecule has 1 fully saturated rings. The van der Waals surface area contributed by atoms with Gasteiger partial charge in [0, 0.05) is 12.6 Å². The molecule has 2 atom stereocenters. The molecule has 4 nitrogen and oxygen atoms in total. The van der Waals surface area contributed by atoms with Gasteiger partial charge >= 0.3 is 0 Å². The van der Waals surface area contributed by atoms with Crippen LogP contribution >= 0.6 is 11.3 Å². The maximum Gasteiger partial charge on any atom is 0.250 e. The van der Waals surface area contributed by atoms with E-state index in [4.69, 9.17) is 4.74 Å². The summed E-state index contributed by atoms with van der Waals surface area (Å²) < 4.78 is 32.3. The van der Waals surface area contributed by atoms with Crippen LogP contribution in [0.4, 0.5) is 0 Å². The minimum absolute atomic E-state index is 0.00902. The molecule has 2 heterocycles. The number of ether oxygens (including phenoxy) is 1. The number of thiophene rings is 1. The topological polar surface area (TPSA) is 55.4 Å². The molecule has 1 aromatic heterocycles. The van der Waals surface area contributed by atoms with E-state index in [1.165, 1.54) is 11.3 Å². The minimum Gasteiger partial charge on any atom is -0.377 e. The van der Waals surface area contributed by atoms with Crippen molar-refractivity contribution >= 4 is 21.4 Å². The lowest BCUT2D eigenvalue weighted by atomic mass is 10.1. The third-order valence-corrected chi connectivity index (χ3v) is 5.58. The standard InChI is InChI=1S/C10H15NO3S2/c1-8(9-4-2-6-14-9)11-16(12,13)10-5-3-7-15-10/h3,5,7-9,11H,2,4,6H2,1H3/t8-,9-/m0/s1. The minimum atomic E-state index is -3.37.